The number of nitrogens with zero attached hydrogens (tertiary/aromatic N) is 4. The lowest BCUT2D eigenvalue weighted by molar-refractivity contribution is -0.385. The summed E-state index contributed by atoms with van der Waals surface area (Å²) >= 11 is 7.26. The van der Waals surface area contributed by atoms with Gasteiger partial charge in [0.2, 0.25) is 0 Å². The topological polar surface area (TPSA) is 116 Å². The molecule has 0 fully saturated rings. The second-order valence-corrected chi connectivity index (χ2v) is 10.1. The summed E-state index contributed by atoms with van der Waals surface area (Å²) in [5.41, 5.74) is 1.29. The number of likely N-dealkylation sites (N-methyl/N-ethyl adjacent to an activating group) is 1. The van der Waals surface area contributed by atoms with Gasteiger partial charge in [-0.1, -0.05) is 35.1 Å². The van der Waals surface area contributed by atoms with Gasteiger partial charge in [-0.3, -0.25) is 24.3 Å². The van der Waals surface area contributed by atoms with E-state index in [1.165, 1.54) is 37.0 Å². The summed E-state index contributed by atoms with van der Waals surface area (Å²) < 4.78 is 12.5. The maximum Gasteiger partial charge on any atom is 0.274 e. The Morgan fingerprint density at radius 1 is 1.21 bits per heavy atom. The smallest absolute Gasteiger partial charge is 0.274 e. The van der Waals surface area contributed by atoms with Crippen molar-refractivity contribution in [1.29, 1.82) is 0 Å². The number of nitro benzene ring substituents is 1. The molecule has 0 N–H and O–H groups in total. The summed E-state index contributed by atoms with van der Waals surface area (Å²) in [5, 5.41) is 12.1. The van der Waals surface area contributed by atoms with E-state index in [2.05, 4.69) is 4.99 Å². The highest BCUT2D eigenvalue weighted by Gasteiger charge is 2.34. The van der Waals surface area contributed by atoms with Crippen LogP contribution in [0.2, 0.25) is 5.02 Å². The summed E-state index contributed by atoms with van der Waals surface area (Å²) in [4.78, 5) is 45.3. The minimum atomic E-state index is -0.740. The number of rotatable bonds is 8. The minimum Gasteiger partial charge on any atom is -0.493 e. The van der Waals surface area contributed by atoms with Crippen LogP contribution in [-0.2, 0) is 4.79 Å². The van der Waals surface area contributed by atoms with Gasteiger partial charge in [-0.05, 0) is 44.5 Å². The first-order chi connectivity index (χ1) is 18.6. The lowest BCUT2D eigenvalue weighted by Gasteiger charge is -2.29. The predicted octanol–water partition coefficient (Wildman–Crippen LogP) is 3.68. The van der Waals surface area contributed by atoms with Crippen molar-refractivity contribution in [3.05, 3.63) is 93.6 Å². The van der Waals surface area contributed by atoms with E-state index in [9.17, 15) is 19.7 Å². The number of non-ortho nitro benzene ring substituents is 1. The predicted molar refractivity (Wildman–Crippen MR) is 149 cm³/mol. The van der Waals surface area contributed by atoms with Gasteiger partial charge in [0.25, 0.3) is 17.2 Å². The fourth-order valence-corrected chi connectivity index (χ4v) is 5.73. The van der Waals surface area contributed by atoms with Crippen LogP contribution in [0.1, 0.15) is 37.9 Å². The van der Waals surface area contributed by atoms with Crippen LogP contribution in [0.3, 0.4) is 0 Å². The Bertz CT molecular complexity index is 1650. The van der Waals surface area contributed by atoms with Crippen LogP contribution in [0, 0.1) is 10.1 Å². The van der Waals surface area contributed by atoms with Gasteiger partial charge in [0.1, 0.15) is 0 Å². The van der Waals surface area contributed by atoms with Crippen molar-refractivity contribution in [1.82, 2.24) is 9.47 Å². The number of fused-ring (bicyclic) bond motifs is 1. The third-order valence-corrected chi connectivity index (χ3v) is 7.71. The van der Waals surface area contributed by atoms with E-state index in [-0.39, 0.29) is 27.6 Å². The minimum absolute atomic E-state index is 0.160. The SMILES string of the molecule is CCN(CC)C(=O)C1=C(C)N=c2s/c(=C\c3cc([N+](=O)[O-])cc(OC)c3OC)c(=O)n2[C@@H]1c1ccc(Cl)cc1. The lowest BCUT2D eigenvalue weighted by Crippen LogP contribution is -2.43. The molecule has 0 saturated heterocycles. The molecule has 204 valence electrons. The van der Waals surface area contributed by atoms with Crippen molar-refractivity contribution < 1.29 is 19.2 Å². The zero-order valence-electron chi connectivity index (χ0n) is 22.1. The number of halogens is 1. The standard InChI is InChI=1S/C27H27ClN4O6S/c1-6-30(7-2)26(34)22-15(3)29-27-31(23(22)16-8-10-18(28)11-9-16)25(33)21(39-27)13-17-12-19(32(35)36)14-20(37-4)24(17)38-5/h8-14,23H,6-7H2,1-5H3/b21-13-/t23-/m1/s1. The molecule has 10 nitrogen and oxygen atoms in total. The maximum absolute atomic E-state index is 13.9. The van der Waals surface area contributed by atoms with Crippen molar-refractivity contribution in [3.63, 3.8) is 0 Å². The Hall–Kier alpha value is -3.96. The number of hydrogen-bond acceptors (Lipinski definition) is 8. The molecule has 0 radical (unpaired) electrons. The van der Waals surface area contributed by atoms with Crippen molar-refractivity contribution >= 4 is 40.6 Å². The van der Waals surface area contributed by atoms with Gasteiger partial charge in [-0.2, -0.15) is 0 Å². The number of thiazole rings is 1. The molecule has 3 aromatic rings. The molecule has 39 heavy (non-hydrogen) atoms. The number of carbonyl (C=O) groups excluding carboxylic acids is 1. The quantitative estimate of drug-likeness (QED) is 0.301. The number of ether oxygens (including phenoxy) is 2. The van der Waals surface area contributed by atoms with Gasteiger partial charge in [0.15, 0.2) is 16.3 Å². The molecule has 0 unspecified atom stereocenters. The van der Waals surface area contributed by atoms with E-state index in [1.54, 1.807) is 36.1 Å². The van der Waals surface area contributed by atoms with E-state index in [1.807, 2.05) is 13.8 Å². The van der Waals surface area contributed by atoms with E-state index >= 15 is 0 Å². The van der Waals surface area contributed by atoms with Crippen molar-refractivity contribution in [2.45, 2.75) is 26.8 Å². The van der Waals surface area contributed by atoms with Gasteiger partial charge in [-0.25, -0.2) is 4.99 Å². The first kappa shape index (κ1) is 28.1. The number of amides is 1. The lowest BCUT2D eigenvalue weighted by atomic mass is 9.94. The molecule has 0 spiro atoms. The first-order valence-electron chi connectivity index (χ1n) is 12.1. The molecule has 0 aliphatic carbocycles. The van der Waals surface area contributed by atoms with Crippen LogP contribution in [-0.4, -0.2) is 47.6 Å². The highest BCUT2D eigenvalue weighted by molar-refractivity contribution is 7.07. The molecule has 2 aromatic carbocycles. The highest BCUT2D eigenvalue weighted by Crippen LogP contribution is 2.36. The molecule has 1 aliphatic heterocycles. The van der Waals surface area contributed by atoms with Crippen LogP contribution in [0.5, 0.6) is 11.5 Å². The molecule has 0 saturated carbocycles. The van der Waals surface area contributed by atoms with Crippen LogP contribution in [0.25, 0.3) is 6.08 Å². The molecule has 12 heteroatoms. The van der Waals surface area contributed by atoms with E-state index in [0.717, 1.165) is 11.3 Å². The molecule has 1 aromatic heterocycles. The normalized spacial score (nSPS) is 15.0. The summed E-state index contributed by atoms with van der Waals surface area (Å²) in [6.45, 7) is 6.54. The number of carbonyl (C=O) groups is 1. The Morgan fingerprint density at radius 2 is 1.87 bits per heavy atom. The number of allylic oxidation sites excluding steroid dienone is 1. The summed E-state index contributed by atoms with van der Waals surface area (Å²) in [7, 11) is 2.79. The van der Waals surface area contributed by atoms with E-state index in [4.69, 9.17) is 21.1 Å². The monoisotopic (exact) mass is 570 g/mol. The van der Waals surface area contributed by atoms with E-state index in [0.29, 0.717) is 45.3 Å². The third kappa shape index (κ3) is 5.19. The third-order valence-electron chi connectivity index (χ3n) is 6.48. The zero-order chi connectivity index (χ0) is 28.4. The van der Waals surface area contributed by atoms with Gasteiger partial charge >= 0.3 is 0 Å². The molecule has 4 rings (SSSR count). The van der Waals surface area contributed by atoms with Crippen molar-refractivity contribution in [2.24, 2.45) is 4.99 Å². The van der Waals surface area contributed by atoms with Gasteiger partial charge < -0.3 is 14.4 Å². The fourth-order valence-electron chi connectivity index (χ4n) is 4.57. The maximum atomic E-state index is 13.9. The Labute approximate surface area is 233 Å². The molecule has 1 atom stereocenters. The molecule has 2 heterocycles. The average molecular weight is 571 g/mol. The number of nitro groups is 1. The molecule has 1 aliphatic rings. The highest BCUT2D eigenvalue weighted by atomic mass is 35.5. The number of hydrogen-bond donors (Lipinski definition) is 0. The average Bonchev–Trinajstić information content (AvgIpc) is 3.22. The second kappa shape index (κ2) is 11.4. The van der Waals surface area contributed by atoms with Crippen molar-refractivity contribution in [2.75, 3.05) is 27.3 Å². The van der Waals surface area contributed by atoms with Gasteiger partial charge in [0.05, 0.1) is 47.1 Å². The van der Waals surface area contributed by atoms with Crippen LogP contribution < -0.4 is 24.4 Å². The van der Waals surface area contributed by atoms with Gasteiger partial charge in [-0.15, -0.1) is 0 Å². The molecular formula is C27H27ClN4O6S. The number of benzene rings is 2. The number of aromatic nitrogens is 1. The largest absolute Gasteiger partial charge is 0.493 e. The summed E-state index contributed by atoms with van der Waals surface area (Å²) in [6, 6.07) is 8.82. The zero-order valence-corrected chi connectivity index (χ0v) is 23.6. The van der Waals surface area contributed by atoms with Crippen LogP contribution >= 0.6 is 22.9 Å². The molecule has 0 bridgehead atoms. The van der Waals surface area contributed by atoms with Crippen molar-refractivity contribution in [3.8, 4) is 11.5 Å². The van der Waals surface area contributed by atoms with E-state index < -0.39 is 16.5 Å². The fraction of sp³-hybridized carbons (Fsp3) is 0.296. The second-order valence-electron chi connectivity index (χ2n) is 8.64. The van der Waals surface area contributed by atoms with Crippen LogP contribution in [0.4, 0.5) is 5.69 Å². The van der Waals surface area contributed by atoms with Gasteiger partial charge in [0, 0.05) is 29.7 Å². The summed E-state index contributed by atoms with van der Waals surface area (Å²) in [5.74, 6) is 0.199. The summed E-state index contributed by atoms with van der Waals surface area (Å²) in [6.07, 6.45) is 1.52. The Kier molecular flexibility index (Phi) is 8.22. The van der Waals surface area contributed by atoms with Crippen LogP contribution in [0.15, 0.2) is 57.5 Å². The molecular weight excluding hydrogens is 544 g/mol. The Morgan fingerprint density at radius 3 is 2.44 bits per heavy atom. The number of methoxy groups -OCH3 is 2. The molecule has 1 amide bonds. The Balaban J connectivity index is 2.00. The first-order valence-corrected chi connectivity index (χ1v) is 13.3.